The van der Waals surface area contributed by atoms with Crippen molar-refractivity contribution in [1.82, 2.24) is 14.7 Å². The summed E-state index contributed by atoms with van der Waals surface area (Å²) in [7, 11) is 3.10. The summed E-state index contributed by atoms with van der Waals surface area (Å²) in [6.07, 6.45) is 2.57. The second-order valence-electron chi connectivity index (χ2n) is 5.96. The molecule has 128 valence electrons. The van der Waals surface area contributed by atoms with Crippen LogP contribution in [0, 0.1) is 11.3 Å². The third-order valence-electron chi connectivity index (χ3n) is 4.32. The first kappa shape index (κ1) is 16.7. The first-order chi connectivity index (χ1) is 12.0. The quantitative estimate of drug-likeness (QED) is 0.788. The molecule has 0 bridgehead atoms. The van der Waals surface area contributed by atoms with Crippen LogP contribution in [0.25, 0.3) is 0 Å². The van der Waals surface area contributed by atoms with Gasteiger partial charge in [-0.05, 0) is 24.1 Å². The molecule has 1 amide bonds. The zero-order valence-corrected chi connectivity index (χ0v) is 14.1. The molecule has 1 aromatic heterocycles. The molecule has 1 aliphatic rings. The fourth-order valence-electron chi connectivity index (χ4n) is 3.06. The van der Waals surface area contributed by atoms with Gasteiger partial charge in [0, 0.05) is 25.2 Å². The summed E-state index contributed by atoms with van der Waals surface area (Å²) < 4.78 is 6.51. The maximum atomic E-state index is 12.7. The highest BCUT2D eigenvalue weighted by Crippen LogP contribution is 2.34. The molecule has 0 fully saturated rings. The summed E-state index contributed by atoms with van der Waals surface area (Å²) in [5, 5.41) is 13.1. The lowest BCUT2D eigenvalue weighted by atomic mass is 10.1. The number of carbonyl (C=O) groups excluding carboxylic acids is 2. The summed E-state index contributed by atoms with van der Waals surface area (Å²) in [5.74, 6) is -0.584. The SMILES string of the molecule is COC(=O)C1c2cn(C)nc2CN1C(=O)CCc1ccc(C#N)cc1. The molecule has 2 aromatic rings. The number of benzene rings is 1. The van der Waals surface area contributed by atoms with Gasteiger partial charge in [0.25, 0.3) is 0 Å². The second-order valence-corrected chi connectivity index (χ2v) is 5.96. The van der Waals surface area contributed by atoms with Crippen LogP contribution in [0.3, 0.4) is 0 Å². The number of amides is 1. The maximum Gasteiger partial charge on any atom is 0.333 e. The van der Waals surface area contributed by atoms with Crippen LogP contribution in [0.2, 0.25) is 0 Å². The average molecular weight is 338 g/mol. The van der Waals surface area contributed by atoms with Gasteiger partial charge in [-0.3, -0.25) is 9.48 Å². The third-order valence-corrected chi connectivity index (χ3v) is 4.32. The van der Waals surface area contributed by atoms with Gasteiger partial charge in [0.1, 0.15) is 0 Å². The Morgan fingerprint density at radius 3 is 2.72 bits per heavy atom. The molecule has 25 heavy (non-hydrogen) atoms. The number of esters is 1. The van der Waals surface area contributed by atoms with E-state index in [1.165, 1.54) is 12.0 Å². The minimum Gasteiger partial charge on any atom is -0.467 e. The van der Waals surface area contributed by atoms with Crippen LogP contribution in [0.4, 0.5) is 0 Å². The van der Waals surface area contributed by atoms with E-state index in [9.17, 15) is 9.59 Å². The van der Waals surface area contributed by atoms with Gasteiger partial charge in [0.05, 0.1) is 31.0 Å². The largest absolute Gasteiger partial charge is 0.467 e. The van der Waals surface area contributed by atoms with Crippen molar-refractivity contribution >= 4 is 11.9 Å². The third kappa shape index (κ3) is 3.24. The highest BCUT2D eigenvalue weighted by atomic mass is 16.5. The molecule has 0 saturated heterocycles. The van der Waals surface area contributed by atoms with Gasteiger partial charge in [-0.1, -0.05) is 12.1 Å². The summed E-state index contributed by atoms with van der Waals surface area (Å²) in [6, 6.07) is 8.46. The number of aromatic nitrogens is 2. The number of methoxy groups -OCH3 is 1. The second kappa shape index (κ2) is 6.77. The summed E-state index contributed by atoms with van der Waals surface area (Å²) in [6.45, 7) is 0.308. The van der Waals surface area contributed by atoms with E-state index in [2.05, 4.69) is 11.2 Å². The normalized spacial score (nSPS) is 15.6. The van der Waals surface area contributed by atoms with Crippen molar-refractivity contribution in [3.05, 3.63) is 52.8 Å². The van der Waals surface area contributed by atoms with Crippen LogP contribution >= 0.6 is 0 Å². The lowest BCUT2D eigenvalue weighted by molar-refractivity contribution is -0.152. The molecule has 1 atom stereocenters. The summed E-state index contributed by atoms with van der Waals surface area (Å²) in [4.78, 5) is 26.3. The fraction of sp³-hybridized carbons (Fsp3) is 0.333. The Balaban J connectivity index is 1.71. The van der Waals surface area contributed by atoms with Crippen molar-refractivity contribution in [3.8, 4) is 6.07 Å². The van der Waals surface area contributed by atoms with E-state index in [1.807, 2.05) is 12.1 Å². The van der Waals surface area contributed by atoms with E-state index in [0.717, 1.165) is 16.8 Å². The van der Waals surface area contributed by atoms with Crippen molar-refractivity contribution in [2.75, 3.05) is 7.11 Å². The van der Waals surface area contributed by atoms with Crippen LogP contribution in [-0.4, -0.2) is 33.7 Å². The van der Waals surface area contributed by atoms with Crippen LogP contribution in [0.1, 0.15) is 34.8 Å². The molecule has 0 N–H and O–H groups in total. The predicted molar refractivity (Wildman–Crippen MR) is 88.0 cm³/mol. The molecule has 7 nitrogen and oxygen atoms in total. The number of hydrogen-bond acceptors (Lipinski definition) is 5. The molecule has 0 aliphatic carbocycles. The summed E-state index contributed by atoms with van der Waals surface area (Å²) in [5.41, 5.74) is 3.01. The minimum atomic E-state index is -0.734. The number of nitriles is 1. The Morgan fingerprint density at radius 2 is 2.08 bits per heavy atom. The van der Waals surface area contributed by atoms with Crippen molar-refractivity contribution in [1.29, 1.82) is 5.26 Å². The lowest BCUT2D eigenvalue weighted by Crippen LogP contribution is -2.35. The van der Waals surface area contributed by atoms with Crippen molar-refractivity contribution in [3.63, 3.8) is 0 Å². The average Bonchev–Trinajstić information content (AvgIpc) is 3.15. The Kier molecular flexibility index (Phi) is 4.52. The molecule has 0 saturated carbocycles. The van der Waals surface area contributed by atoms with Gasteiger partial charge < -0.3 is 9.64 Å². The first-order valence-electron chi connectivity index (χ1n) is 7.92. The smallest absolute Gasteiger partial charge is 0.333 e. The van der Waals surface area contributed by atoms with E-state index in [1.54, 1.807) is 30.1 Å². The molecule has 1 unspecified atom stereocenters. The Bertz CT molecular complexity index is 848. The molecular formula is C18H18N4O3. The monoisotopic (exact) mass is 338 g/mol. The van der Waals surface area contributed by atoms with Crippen LogP contribution in [-0.2, 0) is 34.3 Å². The van der Waals surface area contributed by atoms with E-state index in [0.29, 0.717) is 18.5 Å². The van der Waals surface area contributed by atoms with Gasteiger partial charge in [-0.2, -0.15) is 10.4 Å². The number of rotatable bonds is 4. The van der Waals surface area contributed by atoms with Crippen molar-refractivity contribution in [2.45, 2.75) is 25.4 Å². The number of hydrogen-bond donors (Lipinski definition) is 0. The van der Waals surface area contributed by atoms with Gasteiger partial charge in [0.15, 0.2) is 6.04 Å². The highest BCUT2D eigenvalue weighted by Gasteiger charge is 2.41. The lowest BCUT2D eigenvalue weighted by Gasteiger charge is -2.23. The Hall–Kier alpha value is -3.14. The van der Waals surface area contributed by atoms with E-state index < -0.39 is 12.0 Å². The van der Waals surface area contributed by atoms with Crippen LogP contribution < -0.4 is 0 Å². The summed E-state index contributed by atoms with van der Waals surface area (Å²) >= 11 is 0. The molecule has 3 rings (SSSR count). The molecule has 7 heteroatoms. The van der Waals surface area contributed by atoms with Crippen LogP contribution in [0.5, 0.6) is 0 Å². The number of fused-ring (bicyclic) bond motifs is 1. The van der Waals surface area contributed by atoms with Gasteiger partial charge >= 0.3 is 5.97 Å². The Labute approximate surface area is 145 Å². The van der Waals surface area contributed by atoms with Crippen molar-refractivity contribution < 1.29 is 14.3 Å². The van der Waals surface area contributed by atoms with Gasteiger partial charge in [-0.25, -0.2) is 4.79 Å². The number of carbonyl (C=O) groups is 2. The topological polar surface area (TPSA) is 88.2 Å². The van der Waals surface area contributed by atoms with Gasteiger partial charge in [0.2, 0.25) is 5.91 Å². The highest BCUT2D eigenvalue weighted by molar-refractivity contribution is 5.87. The predicted octanol–water partition coefficient (Wildman–Crippen LogP) is 1.48. The fourth-order valence-corrected chi connectivity index (χ4v) is 3.06. The molecular weight excluding hydrogens is 320 g/mol. The van der Waals surface area contributed by atoms with E-state index in [4.69, 9.17) is 10.00 Å². The number of ether oxygens (including phenoxy) is 1. The van der Waals surface area contributed by atoms with Crippen LogP contribution in [0.15, 0.2) is 30.5 Å². The molecule has 1 aliphatic heterocycles. The van der Waals surface area contributed by atoms with Gasteiger partial charge in [-0.15, -0.1) is 0 Å². The maximum absolute atomic E-state index is 12.7. The molecule has 2 heterocycles. The zero-order valence-electron chi connectivity index (χ0n) is 14.1. The minimum absolute atomic E-state index is 0.125. The van der Waals surface area contributed by atoms with E-state index >= 15 is 0 Å². The zero-order chi connectivity index (χ0) is 18.0. The standard InChI is InChI=1S/C18H18N4O3/c1-21-10-14-15(20-21)11-22(17(14)18(24)25-2)16(23)8-7-12-3-5-13(9-19)6-4-12/h3-6,10,17H,7-8,11H2,1-2H3. The Morgan fingerprint density at radius 1 is 1.36 bits per heavy atom. The van der Waals surface area contributed by atoms with E-state index in [-0.39, 0.29) is 12.3 Å². The number of nitrogens with zero attached hydrogens (tertiary/aromatic N) is 4. The number of aryl methyl sites for hydroxylation is 2. The molecule has 1 aromatic carbocycles. The van der Waals surface area contributed by atoms with Crippen molar-refractivity contribution in [2.24, 2.45) is 7.05 Å². The molecule has 0 radical (unpaired) electrons. The molecule has 0 spiro atoms. The first-order valence-corrected chi connectivity index (χ1v) is 7.92.